The Labute approximate surface area is 294 Å². The van der Waals surface area contributed by atoms with Crippen LogP contribution in [-0.2, 0) is 54.3 Å². The number of esters is 5. The summed E-state index contributed by atoms with van der Waals surface area (Å²) < 4.78 is 42.3. The quantitative estimate of drug-likeness (QED) is 0.221. The Bertz CT molecular complexity index is 2020. The molecule has 0 radical (unpaired) electrons. The average Bonchev–Trinajstić information content (AvgIpc) is 3.49. The number of carbonyl (C=O) groups is 5. The average molecular weight is 709 g/mol. The first-order chi connectivity index (χ1) is 23.5. The van der Waals surface area contributed by atoms with E-state index in [1.807, 2.05) is 0 Å². The number of carbonyl (C=O) groups excluding carboxylic acids is 5. The number of hydrogen-bond donors (Lipinski definition) is 0. The molecule has 2 aromatic rings. The van der Waals surface area contributed by atoms with Crippen molar-refractivity contribution in [2.24, 2.45) is 21.7 Å². The van der Waals surface area contributed by atoms with Gasteiger partial charge in [-0.05, 0) is 71.9 Å². The Kier molecular flexibility index (Phi) is 7.10. The third kappa shape index (κ3) is 4.20. The molecule has 2 aliphatic carbocycles. The maximum absolute atomic E-state index is 14.7. The predicted octanol–water partition coefficient (Wildman–Crippen LogP) is 5.08. The molecule has 51 heavy (non-hydrogen) atoms. The van der Waals surface area contributed by atoms with Crippen LogP contribution in [0.15, 0.2) is 21.3 Å². The zero-order chi connectivity index (χ0) is 37.5. The summed E-state index contributed by atoms with van der Waals surface area (Å²) in [5.74, 6) is -3.19. The fourth-order valence-electron chi connectivity index (χ4n) is 9.17. The van der Waals surface area contributed by atoms with E-state index in [2.05, 4.69) is 0 Å². The van der Waals surface area contributed by atoms with Crippen molar-refractivity contribution >= 4 is 40.8 Å². The van der Waals surface area contributed by atoms with E-state index in [0.717, 1.165) is 0 Å². The topological polar surface area (TPSA) is 171 Å². The van der Waals surface area contributed by atoms with Crippen LogP contribution in [0.4, 0.5) is 0 Å². The van der Waals surface area contributed by atoms with E-state index < -0.39 is 86.1 Å². The van der Waals surface area contributed by atoms with Gasteiger partial charge in [0.1, 0.15) is 23.5 Å². The lowest BCUT2D eigenvalue weighted by Crippen LogP contribution is -2.58. The van der Waals surface area contributed by atoms with Crippen molar-refractivity contribution in [1.82, 2.24) is 0 Å². The lowest BCUT2D eigenvalue weighted by molar-refractivity contribution is -0.217. The third-order valence-electron chi connectivity index (χ3n) is 13.6. The maximum atomic E-state index is 14.7. The minimum atomic E-state index is -1.67. The van der Waals surface area contributed by atoms with Crippen molar-refractivity contribution < 1.29 is 56.8 Å². The lowest BCUT2D eigenvalue weighted by Gasteiger charge is -2.46. The molecule has 4 fully saturated rings. The van der Waals surface area contributed by atoms with Gasteiger partial charge in [-0.3, -0.25) is 14.4 Å². The summed E-state index contributed by atoms with van der Waals surface area (Å²) in [4.78, 5) is 80.4. The summed E-state index contributed by atoms with van der Waals surface area (Å²) in [5.41, 5.74) is -8.33. The highest BCUT2D eigenvalue weighted by Crippen LogP contribution is 2.67. The minimum Gasteiger partial charge on any atom is -0.483 e. The molecule has 4 heterocycles. The predicted molar refractivity (Wildman–Crippen MR) is 176 cm³/mol. The van der Waals surface area contributed by atoms with Gasteiger partial charge in [0.2, 0.25) is 11.2 Å². The van der Waals surface area contributed by atoms with Crippen LogP contribution >= 0.6 is 0 Å². The van der Waals surface area contributed by atoms with Crippen LogP contribution in [-0.4, -0.2) is 52.8 Å². The molecule has 5 aliphatic rings. The van der Waals surface area contributed by atoms with Crippen LogP contribution in [0.3, 0.4) is 0 Å². The van der Waals surface area contributed by atoms with Gasteiger partial charge in [-0.1, -0.05) is 27.7 Å². The zero-order valence-electron chi connectivity index (χ0n) is 30.7. The van der Waals surface area contributed by atoms with Crippen molar-refractivity contribution in [1.29, 1.82) is 0 Å². The summed E-state index contributed by atoms with van der Waals surface area (Å²) in [6.45, 7) is 16.7. The van der Waals surface area contributed by atoms with Gasteiger partial charge in [-0.25, -0.2) is 14.4 Å². The van der Waals surface area contributed by atoms with E-state index >= 15 is 0 Å². The summed E-state index contributed by atoms with van der Waals surface area (Å²) in [7, 11) is 0. The first-order valence-corrected chi connectivity index (χ1v) is 17.3. The highest BCUT2D eigenvalue weighted by Gasteiger charge is 2.78. The summed E-state index contributed by atoms with van der Waals surface area (Å²) in [6.07, 6.45) is -1.74. The van der Waals surface area contributed by atoms with Crippen LogP contribution < -0.4 is 10.4 Å². The summed E-state index contributed by atoms with van der Waals surface area (Å²) in [5, 5.41) is 0.431. The van der Waals surface area contributed by atoms with Crippen molar-refractivity contribution in [3.05, 3.63) is 39.2 Å². The standard InChI is InChI=1S/C38H44O13/c1-18-15-22(40)46-25-21(18)16-20(17-45-19(2)39)24-23(25)26(47-30(43)37-13-11-35(9,28(41)50-37)33(37,5)6)27(32(3,4)49-24)48-31(44)38-14-12-36(10,29(42)51-38)34(38,7)8/h15-16,26-27H,11-14,17H2,1-10H3/t26-,27-,35?,36?,37?,38?/m1/s1. The van der Waals surface area contributed by atoms with Crippen molar-refractivity contribution in [2.45, 2.75) is 131 Å². The second-order valence-corrected chi connectivity index (χ2v) is 16.9. The Morgan fingerprint density at radius 1 is 0.765 bits per heavy atom. The van der Waals surface area contributed by atoms with E-state index in [1.54, 1.807) is 68.4 Å². The number of aryl methyl sites for hydroxylation is 1. The van der Waals surface area contributed by atoms with Gasteiger partial charge < -0.3 is 32.8 Å². The molecule has 6 atom stereocenters. The van der Waals surface area contributed by atoms with Gasteiger partial charge in [-0.2, -0.15) is 0 Å². The first-order valence-electron chi connectivity index (χ1n) is 17.3. The molecule has 1 aromatic heterocycles. The van der Waals surface area contributed by atoms with E-state index in [-0.39, 0.29) is 36.3 Å². The Morgan fingerprint density at radius 2 is 1.29 bits per heavy atom. The van der Waals surface area contributed by atoms with Gasteiger partial charge in [0, 0.05) is 34.8 Å². The lowest BCUT2D eigenvalue weighted by atomic mass is 9.66. The van der Waals surface area contributed by atoms with Crippen molar-refractivity contribution in [3.63, 3.8) is 0 Å². The number of fused-ring (bicyclic) bond motifs is 7. The fraction of sp³-hybridized carbons (Fsp3) is 0.632. The van der Waals surface area contributed by atoms with Crippen LogP contribution in [0.2, 0.25) is 0 Å². The monoisotopic (exact) mass is 708 g/mol. The van der Waals surface area contributed by atoms with E-state index in [1.165, 1.54) is 13.0 Å². The number of benzene rings is 1. The van der Waals surface area contributed by atoms with Crippen LogP contribution in [0.5, 0.6) is 5.75 Å². The van der Waals surface area contributed by atoms with Crippen LogP contribution in [0.25, 0.3) is 11.0 Å². The molecular formula is C38H44O13. The van der Waals surface area contributed by atoms with Gasteiger partial charge in [0.05, 0.1) is 16.4 Å². The molecule has 3 aliphatic heterocycles. The van der Waals surface area contributed by atoms with Crippen LogP contribution in [0, 0.1) is 28.6 Å². The van der Waals surface area contributed by atoms with E-state index in [4.69, 9.17) is 32.8 Å². The molecule has 13 heteroatoms. The Morgan fingerprint density at radius 3 is 1.76 bits per heavy atom. The summed E-state index contributed by atoms with van der Waals surface area (Å²) in [6, 6.07) is 2.96. The van der Waals surface area contributed by atoms with Crippen molar-refractivity contribution in [3.8, 4) is 5.75 Å². The smallest absolute Gasteiger partial charge is 0.351 e. The number of ether oxygens (including phenoxy) is 6. The minimum absolute atomic E-state index is 0.00610. The molecule has 13 nitrogen and oxygen atoms in total. The second-order valence-electron chi connectivity index (χ2n) is 16.9. The second kappa shape index (κ2) is 10.3. The molecule has 0 amide bonds. The Balaban J connectivity index is 1.42. The summed E-state index contributed by atoms with van der Waals surface area (Å²) >= 11 is 0. The maximum Gasteiger partial charge on any atom is 0.351 e. The van der Waals surface area contributed by atoms with Gasteiger partial charge in [-0.15, -0.1) is 0 Å². The van der Waals surface area contributed by atoms with Gasteiger partial charge in [0.15, 0.2) is 12.2 Å². The molecule has 4 unspecified atom stereocenters. The molecule has 0 N–H and O–H groups in total. The zero-order valence-corrected chi connectivity index (χ0v) is 30.7. The SMILES string of the molecule is CC(=O)OCc1cc2c(C)cc(=O)oc2c2c1OC(C)(C)[C@H](OC(=O)C13CCC(C)(C(=O)O1)C3(C)C)[C@@H]2OC(=O)C12CCC(C)(C(=O)O1)C2(C)C. The molecule has 274 valence electrons. The molecule has 4 bridgehead atoms. The highest BCUT2D eigenvalue weighted by molar-refractivity contribution is 5.95. The highest BCUT2D eigenvalue weighted by atomic mass is 16.7. The van der Waals surface area contributed by atoms with Gasteiger partial charge >= 0.3 is 35.5 Å². The molecule has 1 aromatic carbocycles. The van der Waals surface area contributed by atoms with Crippen LogP contribution in [0.1, 0.15) is 111 Å². The molecule has 2 saturated heterocycles. The molecule has 7 rings (SSSR count). The van der Waals surface area contributed by atoms with E-state index in [9.17, 15) is 28.8 Å². The molecule has 0 spiro atoms. The fourth-order valence-corrected chi connectivity index (χ4v) is 9.17. The normalized spacial score (nSPS) is 34.7. The molecular weight excluding hydrogens is 664 g/mol. The van der Waals surface area contributed by atoms with Gasteiger partial charge in [0.25, 0.3) is 0 Å². The van der Waals surface area contributed by atoms with Crippen molar-refractivity contribution in [2.75, 3.05) is 0 Å². The number of hydrogen-bond acceptors (Lipinski definition) is 13. The first kappa shape index (κ1) is 35.0. The van der Waals surface area contributed by atoms with E-state index in [0.29, 0.717) is 29.4 Å². The molecule has 2 saturated carbocycles. The Hall–Kier alpha value is -4.42. The largest absolute Gasteiger partial charge is 0.483 e. The number of rotatable bonds is 6. The third-order valence-corrected chi connectivity index (χ3v) is 13.6.